The summed E-state index contributed by atoms with van der Waals surface area (Å²) in [6, 6.07) is 0.811. The lowest BCUT2D eigenvalue weighted by molar-refractivity contribution is 0.0637. The Morgan fingerprint density at radius 3 is 2.50 bits per heavy atom. The number of hydrogen-bond acceptors (Lipinski definition) is 2. The molecule has 1 atom stereocenters. The lowest BCUT2D eigenvalue weighted by atomic mass is 9.91. The topological polar surface area (TPSA) is 15.3 Å². The molecule has 14 heavy (non-hydrogen) atoms. The minimum atomic E-state index is 0.547. The van der Waals surface area contributed by atoms with Crippen LogP contribution < -0.4 is 5.32 Å². The summed E-state index contributed by atoms with van der Waals surface area (Å²) in [6.07, 6.45) is 8.68. The third kappa shape index (κ3) is 1.40. The summed E-state index contributed by atoms with van der Waals surface area (Å²) < 4.78 is 0. The summed E-state index contributed by atoms with van der Waals surface area (Å²) in [6.45, 7) is 2.55. The van der Waals surface area contributed by atoms with Gasteiger partial charge in [0, 0.05) is 24.7 Å². The molecule has 3 rings (SSSR count). The molecule has 0 aromatic carbocycles. The first kappa shape index (κ1) is 9.17. The Kier molecular flexibility index (Phi) is 2.10. The van der Waals surface area contributed by atoms with Crippen LogP contribution in [0.25, 0.3) is 0 Å². The maximum absolute atomic E-state index is 3.80. The molecule has 0 aromatic rings. The van der Waals surface area contributed by atoms with Gasteiger partial charge in [0.15, 0.2) is 0 Å². The van der Waals surface area contributed by atoms with E-state index in [1.807, 2.05) is 0 Å². The number of piperazine rings is 1. The quantitative estimate of drug-likeness (QED) is 0.682. The lowest BCUT2D eigenvalue weighted by Crippen LogP contribution is -2.62. The third-order valence-electron chi connectivity index (χ3n) is 4.70. The van der Waals surface area contributed by atoms with Crippen molar-refractivity contribution in [2.24, 2.45) is 5.92 Å². The van der Waals surface area contributed by atoms with Gasteiger partial charge in [0.05, 0.1) is 0 Å². The third-order valence-corrected chi connectivity index (χ3v) is 4.70. The van der Waals surface area contributed by atoms with Gasteiger partial charge in [-0.25, -0.2) is 0 Å². The maximum atomic E-state index is 3.80. The fourth-order valence-electron chi connectivity index (χ4n) is 3.42. The van der Waals surface area contributed by atoms with E-state index in [0.717, 1.165) is 12.0 Å². The van der Waals surface area contributed by atoms with Crippen LogP contribution in [-0.2, 0) is 0 Å². The fraction of sp³-hybridized carbons (Fsp3) is 1.00. The summed E-state index contributed by atoms with van der Waals surface area (Å²) in [7, 11) is 2.35. The molecule has 2 aliphatic carbocycles. The van der Waals surface area contributed by atoms with E-state index in [-0.39, 0.29) is 0 Å². The summed E-state index contributed by atoms with van der Waals surface area (Å²) in [5, 5.41) is 3.80. The second-order valence-electron chi connectivity index (χ2n) is 5.64. The molecular weight excluding hydrogens is 172 g/mol. The first-order valence-electron chi connectivity index (χ1n) is 6.25. The minimum Gasteiger partial charge on any atom is -0.311 e. The van der Waals surface area contributed by atoms with Gasteiger partial charge < -0.3 is 5.32 Å². The molecule has 2 saturated carbocycles. The van der Waals surface area contributed by atoms with Crippen LogP contribution in [0.2, 0.25) is 0 Å². The van der Waals surface area contributed by atoms with Gasteiger partial charge in [0.1, 0.15) is 0 Å². The van der Waals surface area contributed by atoms with Crippen LogP contribution >= 0.6 is 0 Å². The lowest BCUT2D eigenvalue weighted by Gasteiger charge is -2.46. The van der Waals surface area contributed by atoms with Gasteiger partial charge in [0.2, 0.25) is 0 Å². The predicted octanol–water partition coefficient (Wildman–Crippen LogP) is 1.61. The van der Waals surface area contributed by atoms with E-state index < -0.39 is 0 Å². The van der Waals surface area contributed by atoms with Crippen LogP contribution in [-0.4, -0.2) is 36.6 Å². The Morgan fingerprint density at radius 1 is 1.21 bits per heavy atom. The Hall–Kier alpha value is -0.0800. The zero-order valence-corrected chi connectivity index (χ0v) is 9.26. The molecule has 2 nitrogen and oxygen atoms in total. The standard InChI is InChI=1S/C12H22N2/c1-14-8-11(10-4-5-10)13-9-12(14)6-2-3-7-12/h10-11,13H,2-9H2,1H3. The summed E-state index contributed by atoms with van der Waals surface area (Å²) in [5.41, 5.74) is 0.547. The van der Waals surface area contributed by atoms with Crippen LogP contribution in [0.15, 0.2) is 0 Å². The number of nitrogens with one attached hydrogen (secondary N) is 1. The summed E-state index contributed by atoms with van der Waals surface area (Å²) in [4.78, 5) is 2.67. The molecule has 1 aliphatic heterocycles. The van der Waals surface area contributed by atoms with Gasteiger partial charge in [-0.2, -0.15) is 0 Å². The van der Waals surface area contributed by atoms with Gasteiger partial charge in [-0.1, -0.05) is 12.8 Å². The van der Waals surface area contributed by atoms with Gasteiger partial charge in [-0.3, -0.25) is 4.90 Å². The van der Waals surface area contributed by atoms with Gasteiger partial charge in [-0.15, -0.1) is 0 Å². The molecule has 1 heterocycles. The smallest absolute Gasteiger partial charge is 0.0331 e. The number of nitrogens with zero attached hydrogens (tertiary/aromatic N) is 1. The Balaban J connectivity index is 1.67. The van der Waals surface area contributed by atoms with Gasteiger partial charge in [-0.05, 0) is 38.6 Å². The van der Waals surface area contributed by atoms with Crippen LogP contribution in [0.1, 0.15) is 38.5 Å². The molecule has 0 radical (unpaired) electrons. The SMILES string of the molecule is CN1CC(C2CC2)NCC12CCCC2. The van der Waals surface area contributed by atoms with E-state index in [0.29, 0.717) is 5.54 Å². The predicted molar refractivity (Wildman–Crippen MR) is 58.3 cm³/mol. The van der Waals surface area contributed by atoms with E-state index in [1.54, 1.807) is 0 Å². The van der Waals surface area contributed by atoms with Crippen LogP contribution in [0.4, 0.5) is 0 Å². The van der Waals surface area contributed by atoms with Crippen LogP contribution in [0, 0.1) is 5.92 Å². The summed E-state index contributed by atoms with van der Waals surface area (Å²) >= 11 is 0. The highest BCUT2D eigenvalue weighted by Gasteiger charge is 2.44. The molecule has 0 aromatic heterocycles. The van der Waals surface area contributed by atoms with Gasteiger partial charge in [0.25, 0.3) is 0 Å². The van der Waals surface area contributed by atoms with Crippen molar-refractivity contribution in [2.45, 2.75) is 50.1 Å². The van der Waals surface area contributed by atoms with E-state index in [2.05, 4.69) is 17.3 Å². The van der Waals surface area contributed by atoms with E-state index in [1.165, 1.54) is 51.6 Å². The van der Waals surface area contributed by atoms with E-state index in [9.17, 15) is 0 Å². The van der Waals surface area contributed by atoms with Crippen molar-refractivity contribution < 1.29 is 0 Å². The highest BCUT2D eigenvalue weighted by atomic mass is 15.3. The molecule has 0 bridgehead atoms. The van der Waals surface area contributed by atoms with Crippen LogP contribution in [0.5, 0.6) is 0 Å². The zero-order valence-electron chi connectivity index (χ0n) is 9.26. The second kappa shape index (κ2) is 3.21. The normalized spacial score (nSPS) is 37.9. The molecule has 2 heteroatoms. The molecule has 1 N–H and O–H groups in total. The average Bonchev–Trinajstić information content (AvgIpc) is 2.92. The molecule has 3 aliphatic rings. The average molecular weight is 194 g/mol. The fourth-order valence-corrected chi connectivity index (χ4v) is 3.42. The van der Waals surface area contributed by atoms with E-state index >= 15 is 0 Å². The van der Waals surface area contributed by atoms with E-state index in [4.69, 9.17) is 0 Å². The first-order valence-corrected chi connectivity index (χ1v) is 6.25. The monoisotopic (exact) mass is 194 g/mol. The number of hydrogen-bond donors (Lipinski definition) is 1. The Bertz CT molecular complexity index is 216. The molecule has 1 spiro atoms. The number of rotatable bonds is 1. The van der Waals surface area contributed by atoms with Crippen molar-refractivity contribution in [1.29, 1.82) is 0 Å². The number of likely N-dealkylation sites (N-methyl/N-ethyl adjacent to an activating group) is 1. The van der Waals surface area contributed by atoms with Crippen molar-refractivity contribution in [3.63, 3.8) is 0 Å². The Morgan fingerprint density at radius 2 is 1.93 bits per heavy atom. The minimum absolute atomic E-state index is 0.547. The first-order chi connectivity index (χ1) is 6.80. The molecule has 80 valence electrons. The molecule has 1 unspecified atom stereocenters. The van der Waals surface area contributed by atoms with Crippen molar-refractivity contribution in [1.82, 2.24) is 10.2 Å². The highest BCUT2D eigenvalue weighted by Crippen LogP contribution is 2.40. The maximum Gasteiger partial charge on any atom is 0.0331 e. The van der Waals surface area contributed by atoms with Crippen molar-refractivity contribution in [3.05, 3.63) is 0 Å². The van der Waals surface area contributed by atoms with Crippen molar-refractivity contribution in [3.8, 4) is 0 Å². The van der Waals surface area contributed by atoms with Crippen molar-refractivity contribution >= 4 is 0 Å². The zero-order chi connectivity index (χ0) is 9.60. The largest absolute Gasteiger partial charge is 0.311 e. The molecular formula is C12H22N2. The molecule has 3 fully saturated rings. The molecule has 1 saturated heterocycles. The van der Waals surface area contributed by atoms with Crippen LogP contribution in [0.3, 0.4) is 0 Å². The summed E-state index contributed by atoms with van der Waals surface area (Å²) in [5.74, 6) is 1.01. The molecule has 0 amide bonds. The van der Waals surface area contributed by atoms with Gasteiger partial charge >= 0.3 is 0 Å². The second-order valence-corrected chi connectivity index (χ2v) is 5.64. The van der Waals surface area contributed by atoms with Crippen molar-refractivity contribution in [2.75, 3.05) is 20.1 Å². The Labute approximate surface area is 87.0 Å². The highest BCUT2D eigenvalue weighted by molar-refractivity contribution is 5.03.